The van der Waals surface area contributed by atoms with Crippen molar-refractivity contribution in [3.63, 3.8) is 0 Å². The van der Waals surface area contributed by atoms with Crippen molar-refractivity contribution in [2.45, 2.75) is 32.3 Å². The molecule has 1 aliphatic heterocycles. The van der Waals surface area contributed by atoms with Crippen LogP contribution in [0.25, 0.3) is 0 Å². The molecule has 0 spiro atoms. The van der Waals surface area contributed by atoms with Crippen molar-refractivity contribution in [2.75, 3.05) is 19.7 Å². The van der Waals surface area contributed by atoms with Gasteiger partial charge < -0.3 is 14.7 Å². The predicted molar refractivity (Wildman–Crippen MR) is 73.1 cm³/mol. The van der Waals surface area contributed by atoms with Crippen LogP contribution in [0.5, 0.6) is 5.75 Å². The molecular weight excluding hydrogens is 242 g/mol. The van der Waals surface area contributed by atoms with Gasteiger partial charge in [0, 0.05) is 13.1 Å². The summed E-state index contributed by atoms with van der Waals surface area (Å²) in [6, 6.07) is 7.98. The average Bonchev–Trinajstić information content (AvgIpc) is 2.73. The molecular formula is C15H21NO3. The molecule has 1 N–H and O–H groups in total. The van der Waals surface area contributed by atoms with Gasteiger partial charge in [0.05, 0.1) is 19.1 Å². The molecule has 1 fully saturated rings. The van der Waals surface area contributed by atoms with Crippen molar-refractivity contribution < 1.29 is 14.6 Å². The number of benzene rings is 1. The van der Waals surface area contributed by atoms with E-state index in [2.05, 4.69) is 6.92 Å². The molecule has 1 unspecified atom stereocenters. The zero-order valence-corrected chi connectivity index (χ0v) is 11.3. The van der Waals surface area contributed by atoms with E-state index in [1.165, 1.54) is 0 Å². The van der Waals surface area contributed by atoms with Gasteiger partial charge in [-0.1, -0.05) is 19.1 Å². The first kappa shape index (κ1) is 13.9. The first-order valence-corrected chi connectivity index (χ1v) is 6.86. The van der Waals surface area contributed by atoms with Crippen LogP contribution >= 0.6 is 0 Å². The van der Waals surface area contributed by atoms with Crippen LogP contribution in [0.15, 0.2) is 24.3 Å². The number of β-amino-alcohol motifs (C(OH)–C–C–N with tert-alkyl or cyclic N) is 1. The van der Waals surface area contributed by atoms with Crippen LogP contribution in [0.1, 0.15) is 25.3 Å². The minimum absolute atomic E-state index is 0.0471. The molecule has 2 rings (SSSR count). The van der Waals surface area contributed by atoms with Crippen LogP contribution in [0.4, 0.5) is 0 Å². The van der Waals surface area contributed by atoms with Crippen molar-refractivity contribution in [1.29, 1.82) is 0 Å². The first-order chi connectivity index (χ1) is 9.19. The average molecular weight is 263 g/mol. The van der Waals surface area contributed by atoms with Crippen molar-refractivity contribution in [3.05, 3.63) is 29.8 Å². The van der Waals surface area contributed by atoms with Crippen LogP contribution in [0.2, 0.25) is 0 Å². The summed E-state index contributed by atoms with van der Waals surface area (Å²) in [6.45, 7) is 3.92. The van der Waals surface area contributed by atoms with Gasteiger partial charge in [-0.15, -0.1) is 0 Å². The molecule has 0 aliphatic carbocycles. The minimum atomic E-state index is -0.494. The largest absolute Gasteiger partial charge is 0.494 e. The van der Waals surface area contributed by atoms with Crippen LogP contribution < -0.4 is 4.74 Å². The number of carbonyl (C=O) groups is 1. The van der Waals surface area contributed by atoms with Gasteiger partial charge in [-0.3, -0.25) is 4.79 Å². The summed E-state index contributed by atoms with van der Waals surface area (Å²) in [6.07, 6.45) is 1.55. The summed E-state index contributed by atoms with van der Waals surface area (Å²) in [5.41, 5.74) is 1.16. The van der Waals surface area contributed by atoms with E-state index in [9.17, 15) is 9.90 Å². The Kier molecular flexibility index (Phi) is 4.80. The number of hydrogen-bond donors (Lipinski definition) is 1. The van der Waals surface area contributed by atoms with Gasteiger partial charge in [0.1, 0.15) is 5.75 Å². The molecule has 0 bridgehead atoms. The second kappa shape index (κ2) is 6.57. The van der Waals surface area contributed by atoms with Gasteiger partial charge >= 0.3 is 0 Å². The fourth-order valence-corrected chi connectivity index (χ4v) is 2.24. The van der Waals surface area contributed by atoms with Gasteiger partial charge in [0.25, 0.3) is 0 Å². The van der Waals surface area contributed by atoms with Gasteiger partial charge in [-0.05, 0) is 30.5 Å². The minimum Gasteiger partial charge on any atom is -0.494 e. The normalized spacial score (nSPS) is 18.9. The van der Waals surface area contributed by atoms with Gasteiger partial charge in [0.2, 0.25) is 5.91 Å². The number of carbonyl (C=O) groups excluding carboxylic acids is 1. The molecule has 1 aliphatic rings. The molecule has 1 heterocycles. The summed E-state index contributed by atoms with van der Waals surface area (Å²) in [7, 11) is 0. The molecule has 0 aromatic heterocycles. The zero-order valence-electron chi connectivity index (χ0n) is 11.3. The predicted octanol–water partition coefficient (Wildman–Crippen LogP) is 1.61. The third-order valence-electron chi connectivity index (χ3n) is 3.24. The van der Waals surface area contributed by atoms with E-state index < -0.39 is 6.10 Å². The Labute approximate surface area is 114 Å². The number of likely N-dealkylation sites (tertiary alicyclic amines) is 1. The summed E-state index contributed by atoms with van der Waals surface area (Å²) in [5, 5.41) is 9.43. The van der Waals surface area contributed by atoms with E-state index in [4.69, 9.17) is 4.74 Å². The number of nitrogens with zero attached hydrogens (tertiary/aromatic N) is 1. The molecule has 4 heteroatoms. The Morgan fingerprint density at radius 1 is 1.47 bits per heavy atom. The van der Waals surface area contributed by atoms with Gasteiger partial charge in [0.15, 0.2) is 0 Å². The molecule has 1 amide bonds. The van der Waals surface area contributed by atoms with Crippen molar-refractivity contribution >= 4 is 5.91 Å². The summed E-state index contributed by atoms with van der Waals surface area (Å²) in [5.74, 6) is 0.929. The SMILES string of the molecule is CCCOc1cccc(CCN2CC(O)CC2=O)c1. The van der Waals surface area contributed by atoms with E-state index in [0.717, 1.165) is 30.8 Å². The first-order valence-electron chi connectivity index (χ1n) is 6.86. The Morgan fingerprint density at radius 3 is 3.00 bits per heavy atom. The summed E-state index contributed by atoms with van der Waals surface area (Å²) >= 11 is 0. The maximum absolute atomic E-state index is 11.6. The lowest BCUT2D eigenvalue weighted by Gasteiger charge is -2.15. The summed E-state index contributed by atoms with van der Waals surface area (Å²) < 4.78 is 5.59. The van der Waals surface area contributed by atoms with E-state index in [1.54, 1.807) is 4.90 Å². The quantitative estimate of drug-likeness (QED) is 0.848. The fraction of sp³-hybridized carbons (Fsp3) is 0.533. The number of hydrogen-bond acceptors (Lipinski definition) is 3. The maximum atomic E-state index is 11.6. The summed E-state index contributed by atoms with van der Waals surface area (Å²) in [4.78, 5) is 13.3. The highest BCUT2D eigenvalue weighted by molar-refractivity contribution is 5.79. The lowest BCUT2D eigenvalue weighted by atomic mass is 10.1. The number of rotatable bonds is 6. The van der Waals surface area contributed by atoms with Crippen molar-refractivity contribution in [1.82, 2.24) is 4.90 Å². The number of ether oxygens (including phenoxy) is 1. The van der Waals surface area contributed by atoms with Crippen LogP contribution in [-0.4, -0.2) is 41.7 Å². The van der Waals surface area contributed by atoms with E-state index in [0.29, 0.717) is 13.1 Å². The van der Waals surface area contributed by atoms with Crippen molar-refractivity contribution in [3.8, 4) is 5.75 Å². The molecule has 0 saturated carbocycles. The van der Waals surface area contributed by atoms with Gasteiger partial charge in [-0.25, -0.2) is 0 Å². The zero-order chi connectivity index (χ0) is 13.7. The third-order valence-corrected chi connectivity index (χ3v) is 3.24. The molecule has 104 valence electrons. The maximum Gasteiger partial charge on any atom is 0.225 e. The second-order valence-electron chi connectivity index (χ2n) is 4.94. The highest BCUT2D eigenvalue weighted by Gasteiger charge is 2.27. The Balaban J connectivity index is 1.87. The third kappa shape index (κ3) is 3.96. The number of aliphatic hydroxyl groups is 1. The Bertz CT molecular complexity index is 433. The fourth-order valence-electron chi connectivity index (χ4n) is 2.24. The Morgan fingerprint density at radius 2 is 2.32 bits per heavy atom. The van der Waals surface area contributed by atoms with E-state index in [-0.39, 0.29) is 12.3 Å². The molecule has 4 nitrogen and oxygen atoms in total. The molecule has 1 aromatic carbocycles. The topological polar surface area (TPSA) is 49.8 Å². The second-order valence-corrected chi connectivity index (χ2v) is 4.94. The van der Waals surface area contributed by atoms with E-state index >= 15 is 0 Å². The van der Waals surface area contributed by atoms with Crippen LogP contribution in [0.3, 0.4) is 0 Å². The Hall–Kier alpha value is -1.55. The van der Waals surface area contributed by atoms with Gasteiger partial charge in [-0.2, -0.15) is 0 Å². The molecule has 19 heavy (non-hydrogen) atoms. The lowest BCUT2D eigenvalue weighted by molar-refractivity contribution is -0.127. The molecule has 0 radical (unpaired) electrons. The number of aliphatic hydroxyl groups excluding tert-OH is 1. The van der Waals surface area contributed by atoms with Crippen LogP contribution in [0, 0.1) is 0 Å². The molecule has 1 saturated heterocycles. The molecule has 1 aromatic rings. The van der Waals surface area contributed by atoms with E-state index in [1.807, 2.05) is 24.3 Å². The lowest BCUT2D eigenvalue weighted by Crippen LogP contribution is -2.28. The highest BCUT2D eigenvalue weighted by atomic mass is 16.5. The van der Waals surface area contributed by atoms with Crippen molar-refractivity contribution in [2.24, 2.45) is 0 Å². The smallest absolute Gasteiger partial charge is 0.225 e. The monoisotopic (exact) mass is 263 g/mol. The molecule has 1 atom stereocenters. The standard InChI is InChI=1S/C15H21NO3/c1-2-8-19-14-5-3-4-12(9-14)6-7-16-11-13(17)10-15(16)18/h3-5,9,13,17H,2,6-8,10-11H2,1H3. The number of amides is 1. The highest BCUT2D eigenvalue weighted by Crippen LogP contribution is 2.16. The van der Waals surface area contributed by atoms with Crippen LogP contribution in [-0.2, 0) is 11.2 Å².